The molecule has 1 aromatic rings. The van der Waals surface area contributed by atoms with E-state index >= 15 is 0 Å². The second kappa shape index (κ2) is 11.6. The first kappa shape index (κ1) is 29.2. The Morgan fingerprint density at radius 3 is 2.61 bits per heavy atom. The number of fused-ring (bicyclic) bond motifs is 1. The number of carbonyl (C=O) groups is 2. The summed E-state index contributed by atoms with van der Waals surface area (Å²) in [5.74, 6) is -1.79. The molecule has 8 nitrogen and oxygen atoms in total. The SMILES string of the molecule is C[C@H]1CCC[C@@]2(C)O[C@H]2C[C@@H](C(Cl)=Cc2csc(CO)n2)OC(=O)C[C@H](O)C(C)(C)C(=O)[C@H](C)[C@H]1O. The van der Waals surface area contributed by atoms with Crippen molar-refractivity contribution in [1.82, 2.24) is 4.98 Å². The average molecular weight is 544 g/mol. The van der Waals surface area contributed by atoms with Gasteiger partial charge in [-0.15, -0.1) is 11.3 Å². The molecule has 2 saturated heterocycles. The summed E-state index contributed by atoms with van der Waals surface area (Å²) in [6, 6.07) is 0. The second-order valence-electron chi connectivity index (χ2n) is 10.9. The summed E-state index contributed by atoms with van der Waals surface area (Å²) in [5.41, 5.74) is -1.10. The minimum atomic E-state index is -1.30. The normalized spacial score (nSPS) is 36.8. The minimum Gasteiger partial charge on any atom is -0.456 e. The fourth-order valence-electron chi connectivity index (χ4n) is 4.88. The molecule has 1 aromatic heterocycles. The molecule has 0 saturated carbocycles. The molecule has 3 N–H and O–H groups in total. The zero-order valence-electron chi connectivity index (χ0n) is 21.6. The van der Waals surface area contributed by atoms with E-state index in [1.54, 1.807) is 32.2 Å². The lowest BCUT2D eigenvalue weighted by Crippen LogP contribution is -2.45. The van der Waals surface area contributed by atoms with Crippen molar-refractivity contribution < 1.29 is 34.4 Å². The number of aromatic nitrogens is 1. The largest absolute Gasteiger partial charge is 0.456 e. The van der Waals surface area contributed by atoms with E-state index in [1.807, 2.05) is 13.8 Å². The van der Waals surface area contributed by atoms with Gasteiger partial charge < -0.3 is 24.8 Å². The summed E-state index contributed by atoms with van der Waals surface area (Å²) in [4.78, 5) is 30.3. The van der Waals surface area contributed by atoms with Crippen molar-refractivity contribution in [3.05, 3.63) is 21.1 Å². The number of ether oxygens (including phenoxy) is 2. The lowest BCUT2D eigenvalue weighted by molar-refractivity contribution is -0.154. The van der Waals surface area contributed by atoms with Gasteiger partial charge in [0.25, 0.3) is 0 Å². The average Bonchev–Trinajstić information content (AvgIpc) is 3.23. The highest BCUT2D eigenvalue weighted by Gasteiger charge is 2.53. The maximum absolute atomic E-state index is 13.2. The first-order chi connectivity index (χ1) is 16.8. The fourth-order valence-corrected chi connectivity index (χ4v) is 5.74. The summed E-state index contributed by atoms with van der Waals surface area (Å²) in [5, 5.41) is 33.5. The third kappa shape index (κ3) is 6.74. The molecule has 3 rings (SSSR count). The van der Waals surface area contributed by atoms with E-state index in [0.29, 0.717) is 17.1 Å². The van der Waals surface area contributed by atoms with Gasteiger partial charge in [0, 0.05) is 17.7 Å². The Morgan fingerprint density at radius 1 is 1.28 bits per heavy atom. The maximum atomic E-state index is 13.2. The standard InChI is InChI=1S/C26H38ClNO7S/c1-14-7-6-8-26(5)20(35-26)10-18(17(27)9-16-13-36-21(12-29)28-16)34-22(31)11-19(30)25(3,4)24(33)15(2)23(14)32/h9,13-15,18-20,23,29-30,32H,6-8,10-12H2,1-5H3/t14-,15+,18-,19-,20-,23-,26+/m0/s1. The number of hydrogen-bond acceptors (Lipinski definition) is 9. The van der Waals surface area contributed by atoms with Crippen LogP contribution < -0.4 is 0 Å². The molecule has 0 aliphatic carbocycles. The van der Waals surface area contributed by atoms with Crippen molar-refractivity contribution >= 4 is 40.8 Å². The highest BCUT2D eigenvalue weighted by atomic mass is 35.5. The van der Waals surface area contributed by atoms with Gasteiger partial charge in [-0.1, -0.05) is 45.7 Å². The number of hydrogen-bond donors (Lipinski definition) is 3. The van der Waals surface area contributed by atoms with E-state index in [1.165, 1.54) is 11.3 Å². The third-order valence-electron chi connectivity index (χ3n) is 7.70. The van der Waals surface area contributed by atoms with Gasteiger partial charge in [0.2, 0.25) is 0 Å². The van der Waals surface area contributed by atoms with E-state index in [0.717, 1.165) is 19.3 Å². The number of carbonyl (C=O) groups excluding carboxylic acids is 2. The van der Waals surface area contributed by atoms with Crippen LogP contribution in [0.3, 0.4) is 0 Å². The predicted octanol–water partition coefficient (Wildman–Crippen LogP) is 3.84. The molecule has 36 heavy (non-hydrogen) atoms. The summed E-state index contributed by atoms with van der Waals surface area (Å²) in [6.07, 6.45) is 0.688. The van der Waals surface area contributed by atoms with Gasteiger partial charge in [0.1, 0.15) is 16.9 Å². The molecule has 0 bridgehead atoms. The van der Waals surface area contributed by atoms with Crippen LogP contribution in [0.5, 0.6) is 0 Å². The number of esters is 1. The molecule has 0 unspecified atom stereocenters. The van der Waals surface area contributed by atoms with Crippen LogP contribution in [-0.4, -0.2) is 62.1 Å². The topological polar surface area (TPSA) is 129 Å². The second-order valence-corrected chi connectivity index (χ2v) is 12.3. The number of ketones is 1. The Kier molecular flexibility index (Phi) is 9.39. The molecule has 2 aliphatic heterocycles. The predicted molar refractivity (Wildman–Crippen MR) is 137 cm³/mol. The molecule has 2 fully saturated rings. The zero-order valence-corrected chi connectivity index (χ0v) is 23.1. The molecule has 0 amide bonds. The van der Waals surface area contributed by atoms with Gasteiger partial charge in [0.15, 0.2) is 0 Å². The molecule has 0 spiro atoms. The van der Waals surface area contributed by atoms with Crippen molar-refractivity contribution in [3.63, 3.8) is 0 Å². The Hall–Kier alpha value is -1.36. The molecule has 7 atom stereocenters. The van der Waals surface area contributed by atoms with Crippen LogP contribution in [0.1, 0.15) is 77.4 Å². The van der Waals surface area contributed by atoms with Crippen LogP contribution in [0, 0.1) is 17.3 Å². The Morgan fingerprint density at radius 2 is 1.97 bits per heavy atom. The van der Waals surface area contributed by atoms with Gasteiger partial charge in [-0.05, 0) is 31.8 Å². The van der Waals surface area contributed by atoms with Gasteiger partial charge in [0.05, 0.1) is 53.1 Å². The molecule has 202 valence electrons. The number of epoxide rings is 1. The van der Waals surface area contributed by atoms with E-state index in [9.17, 15) is 24.9 Å². The van der Waals surface area contributed by atoms with Crippen LogP contribution in [-0.2, 0) is 25.7 Å². The number of halogens is 1. The molecular formula is C26H38ClNO7S. The van der Waals surface area contributed by atoms with Crippen LogP contribution >= 0.6 is 22.9 Å². The molecular weight excluding hydrogens is 506 g/mol. The monoisotopic (exact) mass is 543 g/mol. The van der Waals surface area contributed by atoms with Crippen molar-refractivity contribution in [2.45, 2.75) is 103 Å². The Balaban J connectivity index is 1.85. The summed E-state index contributed by atoms with van der Waals surface area (Å²) < 4.78 is 11.7. The molecule has 10 heteroatoms. The first-order valence-electron chi connectivity index (χ1n) is 12.5. The maximum Gasteiger partial charge on any atom is 0.309 e. The van der Waals surface area contributed by atoms with Crippen molar-refractivity contribution in [2.75, 3.05) is 0 Å². The van der Waals surface area contributed by atoms with Gasteiger partial charge in [-0.2, -0.15) is 0 Å². The number of Topliss-reactive ketones (excluding diaryl/α,β-unsaturated/α-hetero) is 1. The Labute approximate surface area is 221 Å². The van der Waals surface area contributed by atoms with Crippen molar-refractivity contribution in [2.24, 2.45) is 17.3 Å². The summed E-state index contributed by atoms with van der Waals surface area (Å²) in [6.45, 7) is 8.59. The zero-order chi connectivity index (χ0) is 26.8. The number of aliphatic hydroxyl groups excluding tert-OH is 3. The highest BCUT2D eigenvalue weighted by molar-refractivity contribution is 7.09. The molecule has 0 aromatic carbocycles. The highest BCUT2D eigenvalue weighted by Crippen LogP contribution is 2.45. The lowest BCUT2D eigenvalue weighted by atomic mass is 9.73. The molecule has 0 radical (unpaired) electrons. The van der Waals surface area contributed by atoms with Gasteiger partial charge in [-0.25, -0.2) is 4.98 Å². The van der Waals surface area contributed by atoms with E-state index < -0.39 is 47.6 Å². The minimum absolute atomic E-state index is 0.109. The van der Waals surface area contributed by atoms with Crippen LogP contribution in [0.15, 0.2) is 10.4 Å². The van der Waals surface area contributed by atoms with Gasteiger partial charge >= 0.3 is 5.97 Å². The van der Waals surface area contributed by atoms with E-state index in [2.05, 4.69) is 4.98 Å². The van der Waals surface area contributed by atoms with Crippen molar-refractivity contribution in [3.8, 4) is 0 Å². The number of cyclic esters (lactones) is 1. The van der Waals surface area contributed by atoms with Crippen LogP contribution in [0.25, 0.3) is 6.08 Å². The number of rotatable bonds is 3. The van der Waals surface area contributed by atoms with Gasteiger partial charge in [-0.3, -0.25) is 9.59 Å². The van der Waals surface area contributed by atoms with E-state index in [4.69, 9.17) is 21.1 Å². The summed E-state index contributed by atoms with van der Waals surface area (Å²) >= 11 is 7.89. The number of thiazole rings is 1. The smallest absolute Gasteiger partial charge is 0.309 e. The van der Waals surface area contributed by atoms with Crippen LogP contribution in [0.2, 0.25) is 0 Å². The third-order valence-corrected chi connectivity index (χ3v) is 8.91. The molecule has 3 heterocycles. The number of aliphatic hydroxyl groups is 3. The molecule has 2 aliphatic rings. The van der Waals surface area contributed by atoms with Crippen molar-refractivity contribution in [1.29, 1.82) is 0 Å². The fraction of sp³-hybridized carbons (Fsp3) is 0.731. The lowest BCUT2D eigenvalue weighted by Gasteiger charge is -2.34. The first-order valence-corrected chi connectivity index (χ1v) is 13.7. The Bertz CT molecular complexity index is 979. The van der Waals surface area contributed by atoms with E-state index in [-0.39, 0.29) is 29.4 Å². The number of nitrogens with zero attached hydrogens (tertiary/aromatic N) is 1. The quantitative estimate of drug-likeness (QED) is 0.387. The summed E-state index contributed by atoms with van der Waals surface area (Å²) in [7, 11) is 0. The van der Waals surface area contributed by atoms with Crippen LogP contribution in [0.4, 0.5) is 0 Å².